The highest BCUT2D eigenvalue weighted by atomic mass is 32.1. The maximum absolute atomic E-state index is 12.6. The zero-order chi connectivity index (χ0) is 20.8. The third-order valence-corrected chi connectivity index (χ3v) is 3.96. The molecule has 1 aromatic rings. The maximum Gasteiger partial charge on any atom is 0.411 e. The predicted molar refractivity (Wildman–Crippen MR) is 107 cm³/mol. The van der Waals surface area contributed by atoms with Crippen LogP contribution in [0.5, 0.6) is 0 Å². The molecule has 1 heterocycles. The highest BCUT2D eigenvalue weighted by Gasteiger charge is 2.40. The summed E-state index contributed by atoms with van der Waals surface area (Å²) in [6.07, 6.45) is -0.171. The SMILES string of the molecule is CC.CC(C)(C)OC(=O)N1CC(S)CC1C(=O)Nc1cccc(C(=O)O)c1. The molecule has 2 amide bonds. The Morgan fingerprint density at radius 1 is 1.26 bits per heavy atom. The summed E-state index contributed by atoms with van der Waals surface area (Å²) in [5.74, 6) is -1.48. The molecule has 0 radical (unpaired) electrons. The Bertz CT molecular complexity index is 687. The van der Waals surface area contributed by atoms with Crippen molar-refractivity contribution in [2.75, 3.05) is 11.9 Å². The van der Waals surface area contributed by atoms with Crippen LogP contribution in [-0.2, 0) is 9.53 Å². The second-order valence-electron chi connectivity index (χ2n) is 6.91. The van der Waals surface area contributed by atoms with Crippen LogP contribution in [-0.4, -0.2) is 51.4 Å². The minimum atomic E-state index is -1.08. The van der Waals surface area contributed by atoms with Gasteiger partial charge < -0.3 is 15.2 Å². The molecule has 0 saturated carbocycles. The molecule has 0 aromatic heterocycles. The summed E-state index contributed by atoms with van der Waals surface area (Å²) in [5, 5.41) is 11.6. The van der Waals surface area contributed by atoms with Gasteiger partial charge in [-0.05, 0) is 45.4 Å². The minimum absolute atomic E-state index is 0.0697. The number of hydrogen-bond donors (Lipinski definition) is 3. The number of thiol groups is 1. The zero-order valence-electron chi connectivity index (χ0n) is 16.4. The van der Waals surface area contributed by atoms with E-state index in [1.165, 1.54) is 17.0 Å². The smallest absolute Gasteiger partial charge is 0.411 e. The standard InChI is InChI=1S/C17H22N2O5S.C2H6/c1-17(2,3)24-16(23)19-9-12(25)8-13(19)14(20)18-11-6-4-5-10(7-11)15(21)22;1-2/h4-7,12-13,25H,8-9H2,1-3H3,(H,18,20)(H,21,22);1-2H3. The van der Waals surface area contributed by atoms with Crippen LogP contribution in [0.25, 0.3) is 0 Å². The van der Waals surface area contributed by atoms with E-state index in [9.17, 15) is 14.4 Å². The number of likely N-dealkylation sites (tertiary alicyclic amines) is 1. The Kier molecular flexibility index (Phi) is 8.15. The van der Waals surface area contributed by atoms with Gasteiger partial charge >= 0.3 is 12.1 Å². The summed E-state index contributed by atoms with van der Waals surface area (Å²) in [7, 11) is 0. The number of anilines is 1. The highest BCUT2D eigenvalue weighted by Crippen LogP contribution is 2.25. The zero-order valence-corrected chi connectivity index (χ0v) is 17.2. The van der Waals surface area contributed by atoms with Gasteiger partial charge in [-0.3, -0.25) is 9.69 Å². The topological polar surface area (TPSA) is 95.9 Å². The first-order chi connectivity index (χ1) is 12.6. The number of carboxylic acids is 1. The van der Waals surface area contributed by atoms with Gasteiger partial charge in [0.05, 0.1) is 5.56 Å². The Morgan fingerprint density at radius 2 is 1.89 bits per heavy atom. The Labute approximate surface area is 165 Å². The minimum Gasteiger partial charge on any atom is -0.478 e. The molecule has 27 heavy (non-hydrogen) atoms. The van der Waals surface area contributed by atoms with Crippen molar-refractivity contribution in [3.63, 3.8) is 0 Å². The summed E-state index contributed by atoms with van der Waals surface area (Å²) >= 11 is 4.37. The molecule has 2 unspecified atom stereocenters. The number of nitrogens with zero attached hydrogens (tertiary/aromatic N) is 1. The molecule has 8 heteroatoms. The van der Waals surface area contributed by atoms with Crippen LogP contribution in [0, 0.1) is 0 Å². The average molecular weight is 397 g/mol. The van der Waals surface area contributed by atoms with E-state index >= 15 is 0 Å². The number of hydrogen-bond acceptors (Lipinski definition) is 5. The molecular formula is C19H28N2O5S. The summed E-state index contributed by atoms with van der Waals surface area (Å²) in [6, 6.07) is 5.22. The van der Waals surface area contributed by atoms with Gasteiger partial charge in [-0.15, -0.1) is 0 Å². The molecule has 1 aliphatic heterocycles. The molecule has 0 aliphatic carbocycles. The normalized spacial score (nSPS) is 19.0. The fraction of sp³-hybridized carbons (Fsp3) is 0.526. The lowest BCUT2D eigenvalue weighted by atomic mass is 10.1. The fourth-order valence-corrected chi connectivity index (χ4v) is 2.92. The van der Waals surface area contributed by atoms with Gasteiger partial charge in [0.15, 0.2) is 0 Å². The van der Waals surface area contributed by atoms with E-state index in [1.54, 1.807) is 32.9 Å². The Balaban J connectivity index is 0.00000176. The largest absolute Gasteiger partial charge is 0.478 e. The van der Waals surface area contributed by atoms with Crippen LogP contribution in [0.3, 0.4) is 0 Å². The van der Waals surface area contributed by atoms with E-state index in [1.807, 2.05) is 13.8 Å². The van der Waals surface area contributed by atoms with Gasteiger partial charge in [0.25, 0.3) is 0 Å². The van der Waals surface area contributed by atoms with Gasteiger partial charge in [0.1, 0.15) is 11.6 Å². The maximum atomic E-state index is 12.6. The van der Waals surface area contributed by atoms with Crippen molar-refractivity contribution in [2.45, 2.75) is 57.9 Å². The first-order valence-corrected chi connectivity index (χ1v) is 9.40. The third-order valence-electron chi connectivity index (χ3n) is 3.59. The van der Waals surface area contributed by atoms with Gasteiger partial charge in [-0.1, -0.05) is 19.9 Å². The van der Waals surface area contributed by atoms with E-state index in [2.05, 4.69) is 17.9 Å². The summed E-state index contributed by atoms with van der Waals surface area (Å²) in [4.78, 5) is 37.3. The first kappa shape index (κ1) is 22.8. The number of carbonyl (C=O) groups is 3. The number of carbonyl (C=O) groups excluding carboxylic acids is 2. The van der Waals surface area contributed by atoms with Crippen molar-refractivity contribution in [3.05, 3.63) is 29.8 Å². The first-order valence-electron chi connectivity index (χ1n) is 8.89. The van der Waals surface area contributed by atoms with Crippen LogP contribution in [0.15, 0.2) is 24.3 Å². The molecule has 1 aromatic carbocycles. The Hall–Kier alpha value is -2.22. The average Bonchev–Trinajstić information content (AvgIpc) is 2.97. The van der Waals surface area contributed by atoms with Crippen molar-refractivity contribution in [1.29, 1.82) is 0 Å². The van der Waals surface area contributed by atoms with E-state index in [0.717, 1.165) is 0 Å². The summed E-state index contributed by atoms with van der Waals surface area (Å²) in [6.45, 7) is 9.58. The van der Waals surface area contributed by atoms with Gasteiger partial charge in [-0.25, -0.2) is 9.59 Å². The number of amides is 2. The van der Waals surface area contributed by atoms with Crippen LogP contribution >= 0.6 is 12.6 Å². The number of ether oxygens (including phenoxy) is 1. The lowest BCUT2D eigenvalue weighted by Gasteiger charge is -2.28. The Morgan fingerprint density at radius 3 is 2.44 bits per heavy atom. The number of benzene rings is 1. The molecule has 1 saturated heterocycles. The number of aromatic carboxylic acids is 1. The monoisotopic (exact) mass is 396 g/mol. The molecule has 1 fully saturated rings. The molecule has 0 spiro atoms. The van der Waals surface area contributed by atoms with Crippen molar-refractivity contribution in [1.82, 2.24) is 4.90 Å². The number of nitrogens with one attached hydrogen (secondary N) is 1. The van der Waals surface area contributed by atoms with E-state index in [4.69, 9.17) is 9.84 Å². The molecule has 150 valence electrons. The molecule has 2 rings (SSSR count). The van der Waals surface area contributed by atoms with Gasteiger partial charge in [0, 0.05) is 17.5 Å². The summed E-state index contributed by atoms with van der Waals surface area (Å²) in [5.41, 5.74) is -0.236. The lowest BCUT2D eigenvalue weighted by Crippen LogP contribution is -2.45. The molecule has 2 N–H and O–H groups in total. The van der Waals surface area contributed by atoms with Crippen LogP contribution in [0.1, 0.15) is 51.4 Å². The molecule has 7 nitrogen and oxygen atoms in total. The number of carboxylic acid groups (broad SMARTS) is 1. The van der Waals surface area contributed by atoms with E-state index in [-0.39, 0.29) is 10.8 Å². The molecule has 2 atom stereocenters. The van der Waals surface area contributed by atoms with E-state index < -0.39 is 29.6 Å². The van der Waals surface area contributed by atoms with Gasteiger partial charge in [0.2, 0.25) is 5.91 Å². The third kappa shape index (κ3) is 6.78. The fourth-order valence-electron chi connectivity index (χ4n) is 2.54. The van der Waals surface area contributed by atoms with Crippen molar-refractivity contribution < 1.29 is 24.2 Å². The van der Waals surface area contributed by atoms with Crippen molar-refractivity contribution in [2.24, 2.45) is 0 Å². The second-order valence-corrected chi connectivity index (χ2v) is 7.64. The lowest BCUT2D eigenvalue weighted by molar-refractivity contribution is -0.120. The number of rotatable bonds is 3. The molecule has 1 aliphatic rings. The van der Waals surface area contributed by atoms with E-state index in [0.29, 0.717) is 18.7 Å². The van der Waals surface area contributed by atoms with Crippen molar-refractivity contribution >= 4 is 36.3 Å². The van der Waals surface area contributed by atoms with Crippen LogP contribution in [0.2, 0.25) is 0 Å². The summed E-state index contributed by atoms with van der Waals surface area (Å²) < 4.78 is 5.35. The highest BCUT2D eigenvalue weighted by molar-refractivity contribution is 7.81. The van der Waals surface area contributed by atoms with Crippen molar-refractivity contribution in [3.8, 4) is 0 Å². The van der Waals surface area contributed by atoms with Gasteiger partial charge in [-0.2, -0.15) is 12.6 Å². The molecular weight excluding hydrogens is 368 g/mol. The second kappa shape index (κ2) is 9.64. The van der Waals surface area contributed by atoms with Crippen LogP contribution < -0.4 is 5.32 Å². The molecule has 0 bridgehead atoms. The van der Waals surface area contributed by atoms with Crippen LogP contribution in [0.4, 0.5) is 10.5 Å². The quantitative estimate of drug-likeness (QED) is 0.678. The predicted octanol–water partition coefficient (Wildman–Crippen LogP) is 3.66.